The molecule has 23 heavy (non-hydrogen) atoms. The van der Waals surface area contributed by atoms with Crippen LogP contribution in [0.25, 0.3) is 0 Å². The maximum Gasteiger partial charge on any atom is 0.248 e. The molecule has 0 saturated carbocycles. The molecule has 2 aromatic carbocycles. The smallest absolute Gasteiger partial charge is 0.248 e. The van der Waals surface area contributed by atoms with Crippen molar-refractivity contribution in [3.63, 3.8) is 0 Å². The van der Waals surface area contributed by atoms with Crippen LogP contribution in [0.2, 0.25) is 0 Å². The molecular weight excluding hydrogens is 332 g/mol. The van der Waals surface area contributed by atoms with Gasteiger partial charge in [-0.2, -0.15) is 0 Å². The van der Waals surface area contributed by atoms with Crippen LogP contribution in [0.5, 0.6) is 0 Å². The minimum Gasteiger partial charge on any atom is -0.366 e. The molecule has 122 valence electrons. The molecule has 0 saturated heterocycles. The Labute approximate surface area is 140 Å². The maximum absolute atomic E-state index is 12.1. The number of rotatable bonds is 8. The molecule has 0 fully saturated rings. The molecule has 0 bridgehead atoms. The molecule has 7 heteroatoms. The predicted molar refractivity (Wildman–Crippen MR) is 91.9 cm³/mol. The Balaban J connectivity index is 1.81. The Bertz CT molecular complexity index is 745. The molecule has 0 aromatic heterocycles. The summed E-state index contributed by atoms with van der Waals surface area (Å²) in [5.41, 5.74) is 5.41. The first-order valence-corrected chi connectivity index (χ1v) is 9.53. The molecule has 0 atom stereocenters. The van der Waals surface area contributed by atoms with Crippen molar-refractivity contribution in [3.05, 3.63) is 60.2 Å². The van der Waals surface area contributed by atoms with Gasteiger partial charge in [0.2, 0.25) is 15.9 Å². The largest absolute Gasteiger partial charge is 0.366 e. The van der Waals surface area contributed by atoms with E-state index >= 15 is 0 Å². The van der Waals surface area contributed by atoms with Gasteiger partial charge >= 0.3 is 0 Å². The highest BCUT2D eigenvalue weighted by Gasteiger charge is 2.13. The van der Waals surface area contributed by atoms with Crippen molar-refractivity contribution in [2.75, 3.05) is 12.3 Å². The van der Waals surface area contributed by atoms with Gasteiger partial charge in [-0.05, 0) is 48.6 Å². The molecule has 0 unspecified atom stereocenters. The van der Waals surface area contributed by atoms with E-state index in [9.17, 15) is 13.2 Å². The molecule has 2 rings (SSSR count). The molecular formula is C16H18N2O3S2. The number of hydrogen-bond acceptors (Lipinski definition) is 4. The Morgan fingerprint density at radius 1 is 1.04 bits per heavy atom. The molecule has 5 nitrogen and oxygen atoms in total. The van der Waals surface area contributed by atoms with Gasteiger partial charge in [0, 0.05) is 17.0 Å². The minimum atomic E-state index is -3.56. The summed E-state index contributed by atoms with van der Waals surface area (Å²) in [5, 5.41) is 0. The van der Waals surface area contributed by atoms with Crippen LogP contribution in [0.4, 0.5) is 0 Å². The summed E-state index contributed by atoms with van der Waals surface area (Å²) in [5.74, 6) is 0.243. The lowest BCUT2D eigenvalue weighted by Crippen LogP contribution is -2.25. The maximum atomic E-state index is 12.1. The van der Waals surface area contributed by atoms with Crippen molar-refractivity contribution >= 4 is 27.7 Å². The topological polar surface area (TPSA) is 89.3 Å². The highest BCUT2D eigenvalue weighted by molar-refractivity contribution is 7.99. The molecule has 2 aromatic rings. The summed E-state index contributed by atoms with van der Waals surface area (Å²) in [7, 11) is -3.56. The second kappa shape index (κ2) is 8.14. The van der Waals surface area contributed by atoms with Crippen molar-refractivity contribution in [2.24, 2.45) is 5.73 Å². The summed E-state index contributed by atoms with van der Waals surface area (Å²) in [6, 6.07) is 15.5. The Morgan fingerprint density at radius 3 is 2.30 bits per heavy atom. The molecule has 0 heterocycles. The number of benzene rings is 2. The second-order valence-corrected chi connectivity index (χ2v) is 7.74. The third-order valence-corrected chi connectivity index (χ3v) is 5.65. The van der Waals surface area contributed by atoms with Crippen LogP contribution in [0.3, 0.4) is 0 Å². The van der Waals surface area contributed by atoms with Crippen LogP contribution in [-0.2, 0) is 10.0 Å². The zero-order valence-electron chi connectivity index (χ0n) is 12.4. The first-order valence-electron chi connectivity index (χ1n) is 7.06. The lowest BCUT2D eigenvalue weighted by molar-refractivity contribution is 0.1000. The molecule has 0 radical (unpaired) electrons. The van der Waals surface area contributed by atoms with E-state index in [1.165, 1.54) is 24.3 Å². The summed E-state index contributed by atoms with van der Waals surface area (Å²) < 4.78 is 26.8. The van der Waals surface area contributed by atoms with Crippen LogP contribution in [0.15, 0.2) is 64.4 Å². The highest BCUT2D eigenvalue weighted by Crippen LogP contribution is 2.17. The number of sulfonamides is 1. The van der Waals surface area contributed by atoms with Gasteiger partial charge in [-0.3, -0.25) is 4.79 Å². The average molecular weight is 350 g/mol. The van der Waals surface area contributed by atoms with E-state index in [-0.39, 0.29) is 10.5 Å². The van der Waals surface area contributed by atoms with E-state index in [0.717, 1.165) is 17.1 Å². The lowest BCUT2D eigenvalue weighted by atomic mass is 10.2. The van der Waals surface area contributed by atoms with Crippen molar-refractivity contribution in [2.45, 2.75) is 16.2 Å². The number of nitrogens with one attached hydrogen (secondary N) is 1. The number of carbonyl (C=O) groups excluding carboxylic acids is 1. The van der Waals surface area contributed by atoms with E-state index < -0.39 is 15.9 Å². The number of amides is 1. The van der Waals surface area contributed by atoms with Gasteiger partial charge in [0.05, 0.1) is 4.90 Å². The second-order valence-electron chi connectivity index (χ2n) is 4.80. The van der Waals surface area contributed by atoms with Crippen molar-refractivity contribution in [1.29, 1.82) is 0 Å². The Hall–Kier alpha value is -1.83. The zero-order valence-corrected chi connectivity index (χ0v) is 14.1. The van der Waals surface area contributed by atoms with Crippen LogP contribution < -0.4 is 10.5 Å². The van der Waals surface area contributed by atoms with Gasteiger partial charge in [0.25, 0.3) is 0 Å². The van der Waals surface area contributed by atoms with E-state index in [2.05, 4.69) is 4.72 Å². The van der Waals surface area contributed by atoms with Gasteiger partial charge in [-0.15, -0.1) is 11.8 Å². The number of nitrogens with two attached hydrogens (primary N) is 1. The van der Waals surface area contributed by atoms with Crippen LogP contribution in [0, 0.1) is 0 Å². The molecule has 1 amide bonds. The van der Waals surface area contributed by atoms with Gasteiger partial charge in [-0.1, -0.05) is 18.2 Å². The monoisotopic (exact) mass is 350 g/mol. The average Bonchev–Trinajstić information content (AvgIpc) is 2.55. The van der Waals surface area contributed by atoms with Gasteiger partial charge in [0.15, 0.2) is 0 Å². The fraction of sp³-hybridized carbons (Fsp3) is 0.188. The predicted octanol–water partition coefficient (Wildman–Crippen LogP) is 2.25. The zero-order chi connectivity index (χ0) is 16.7. The van der Waals surface area contributed by atoms with E-state index in [0.29, 0.717) is 6.54 Å². The SMILES string of the molecule is NC(=O)c1ccc(S(=O)(=O)NCCCSc2ccccc2)cc1. The fourth-order valence-corrected chi connectivity index (χ4v) is 3.82. The number of hydrogen-bond donors (Lipinski definition) is 2. The quantitative estimate of drug-likeness (QED) is 0.564. The van der Waals surface area contributed by atoms with Gasteiger partial charge in [-0.25, -0.2) is 13.1 Å². The Kier molecular flexibility index (Phi) is 6.20. The van der Waals surface area contributed by atoms with E-state index in [4.69, 9.17) is 5.73 Å². The normalized spacial score (nSPS) is 11.3. The third kappa shape index (κ3) is 5.38. The minimum absolute atomic E-state index is 0.123. The number of primary amides is 1. The lowest BCUT2D eigenvalue weighted by Gasteiger charge is -2.07. The summed E-state index contributed by atoms with van der Waals surface area (Å²) in [6.07, 6.45) is 0.720. The number of thioether (sulfide) groups is 1. The summed E-state index contributed by atoms with van der Waals surface area (Å²) in [6.45, 7) is 0.361. The van der Waals surface area contributed by atoms with Crippen molar-refractivity contribution < 1.29 is 13.2 Å². The Morgan fingerprint density at radius 2 is 1.70 bits per heavy atom. The molecule has 3 N–H and O–H groups in total. The van der Waals surface area contributed by atoms with E-state index in [1.807, 2.05) is 30.3 Å². The highest BCUT2D eigenvalue weighted by atomic mass is 32.2. The molecule has 0 aliphatic heterocycles. The third-order valence-electron chi connectivity index (χ3n) is 3.07. The molecule has 0 spiro atoms. The number of carbonyl (C=O) groups is 1. The standard InChI is InChI=1S/C16H18N2O3S2/c17-16(19)13-7-9-15(10-8-13)23(20,21)18-11-4-12-22-14-5-2-1-3-6-14/h1-3,5-10,18H,4,11-12H2,(H2,17,19). The first kappa shape index (κ1) is 17.5. The van der Waals surface area contributed by atoms with Crippen LogP contribution in [-0.4, -0.2) is 26.6 Å². The van der Waals surface area contributed by atoms with Crippen molar-refractivity contribution in [1.82, 2.24) is 4.72 Å². The van der Waals surface area contributed by atoms with Gasteiger partial charge in [0.1, 0.15) is 0 Å². The van der Waals surface area contributed by atoms with E-state index in [1.54, 1.807) is 11.8 Å². The first-order chi connectivity index (χ1) is 11.0. The van der Waals surface area contributed by atoms with Crippen LogP contribution >= 0.6 is 11.8 Å². The fourth-order valence-electron chi connectivity index (χ4n) is 1.87. The summed E-state index contributed by atoms with van der Waals surface area (Å²) >= 11 is 1.69. The van der Waals surface area contributed by atoms with Crippen molar-refractivity contribution in [3.8, 4) is 0 Å². The summed E-state index contributed by atoms with van der Waals surface area (Å²) in [4.78, 5) is 12.3. The van der Waals surface area contributed by atoms with Crippen LogP contribution in [0.1, 0.15) is 16.8 Å². The van der Waals surface area contributed by atoms with Gasteiger partial charge < -0.3 is 5.73 Å². The molecule has 0 aliphatic rings. The molecule has 0 aliphatic carbocycles.